The van der Waals surface area contributed by atoms with E-state index in [1.165, 1.54) is 5.56 Å². The second-order valence-electron chi connectivity index (χ2n) is 7.44. The van der Waals surface area contributed by atoms with Gasteiger partial charge in [0.15, 0.2) is 0 Å². The van der Waals surface area contributed by atoms with Crippen LogP contribution >= 0.6 is 11.6 Å². The molecule has 3 unspecified atom stereocenters. The molecule has 0 saturated carbocycles. The molecule has 1 aliphatic heterocycles. The molecule has 3 atom stereocenters. The van der Waals surface area contributed by atoms with Gasteiger partial charge in [-0.3, -0.25) is 4.79 Å². The molecule has 0 fully saturated rings. The van der Waals surface area contributed by atoms with Gasteiger partial charge in [0, 0.05) is 28.2 Å². The second-order valence-corrected chi connectivity index (χ2v) is 7.85. The lowest BCUT2D eigenvalue weighted by molar-refractivity contribution is -0.118. The van der Waals surface area contributed by atoms with E-state index in [-0.39, 0.29) is 17.9 Å². The van der Waals surface area contributed by atoms with Crippen molar-refractivity contribution in [1.82, 2.24) is 0 Å². The Kier molecular flexibility index (Phi) is 4.49. The fraction of sp³-hybridized carbons (Fsp3) is 0.318. The van der Waals surface area contributed by atoms with E-state index >= 15 is 0 Å². The number of anilines is 2. The lowest BCUT2D eigenvalue weighted by atomic mass is 9.77. The average Bonchev–Trinajstić information content (AvgIpc) is 3.12. The number of benzene rings is 2. The first-order valence-electron chi connectivity index (χ1n) is 9.17. The average molecular weight is 367 g/mol. The SMILES string of the molecule is CC(C)C(=O)Nc1ccc2c(c1)C1C=CCC1C(c1ccccc1Cl)N2. The smallest absolute Gasteiger partial charge is 0.226 e. The van der Waals surface area contributed by atoms with Crippen LogP contribution < -0.4 is 10.6 Å². The van der Waals surface area contributed by atoms with Gasteiger partial charge >= 0.3 is 0 Å². The predicted octanol–water partition coefficient (Wildman–Crippen LogP) is 5.76. The van der Waals surface area contributed by atoms with Crippen molar-refractivity contribution in [3.8, 4) is 0 Å². The first kappa shape index (κ1) is 17.2. The van der Waals surface area contributed by atoms with Crippen LogP contribution in [0.25, 0.3) is 0 Å². The molecule has 2 aromatic rings. The lowest BCUT2D eigenvalue weighted by Crippen LogP contribution is -2.29. The molecule has 4 heteroatoms. The van der Waals surface area contributed by atoms with Crippen LogP contribution in [0.5, 0.6) is 0 Å². The van der Waals surface area contributed by atoms with Crippen LogP contribution in [-0.2, 0) is 4.79 Å². The van der Waals surface area contributed by atoms with E-state index < -0.39 is 0 Å². The maximum atomic E-state index is 12.0. The minimum atomic E-state index is -0.0344. The molecule has 0 bridgehead atoms. The molecule has 2 aromatic carbocycles. The highest BCUT2D eigenvalue weighted by atomic mass is 35.5. The highest BCUT2D eigenvalue weighted by Crippen LogP contribution is 2.51. The van der Waals surface area contributed by atoms with Crippen molar-refractivity contribution in [2.45, 2.75) is 32.2 Å². The first-order chi connectivity index (χ1) is 12.5. The highest BCUT2D eigenvalue weighted by molar-refractivity contribution is 6.31. The largest absolute Gasteiger partial charge is 0.378 e. The van der Waals surface area contributed by atoms with Gasteiger partial charge in [-0.2, -0.15) is 0 Å². The summed E-state index contributed by atoms with van der Waals surface area (Å²) in [6.45, 7) is 3.80. The molecule has 134 valence electrons. The van der Waals surface area contributed by atoms with Crippen molar-refractivity contribution in [2.24, 2.45) is 11.8 Å². The summed E-state index contributed by atoms with van der Waals surface area (Å²) in [5.41, 5.74) is 4.37. The number of rotatable bonds is 3. The Morgan fingerprint density at radius 1 is 1.19 bits per heavy atom. The number of nitrogens with one attached hydrogen (secondary N) is 2. The summed E-state index contributed by atoms with van der Waals surface area (Å²) in [7, 11) is 0. The minimum absolute atomic E-state index is 0.0344. The maximum absolute atomic E-state index is 12.0. The molecule has 0 spiro atoms. The quantitative estimate of drug-likeness (QED) is 0.678. The number of allylic oxidation sites excluding steroid dienone is 2. The molecule has 3 nitrogen and oxygen atoms in total. The van der Waals surface area contributed by atoms with E-state index in [4.69, 9.17) is 11.6 Å². The Labute approximate surface area is 159 Å². The topological polar surface area (TPSA) is 41.1 Å². The number of hydrogen-bond acceptors (Lipinski definition) is 2. The van der Waals surface area contributed by atoms with Gasteiger partial charge in [-0.15, -0.1) is 0 Å². The maximum Gasteiger partial charge on any atom is 0.226 e. The molecule has 26 heavy (non-hydrogen) atoms. The van der Waals surface area contributed by atoms with Gasteiger partial charge in [0.25, 0.3) is 0 Å². The predicted molar refractivity (Wildman–Crippen MR) is 108 cm³/mol. The third-order valence-corrected chi connectivity index (χ3v) is 5.74. The normalized spacial score (nSPS) is 23.3. The Bertz CT molecular complexity index is 874. The highest BCUT2D eigenvalue weighted by Gasteiger charge is 2.38. The van der Waals surface area contributed by atoms with E-state index in [2.05, 4.69) is 41.0 Å². The van der Waals surface area contributed by atoms with Crippen LogP contribution in [0.15, 0.2) is 54.6 Å². The summed E-state index contributed by atoms with van der Waals surface area (Å²) in [5, 5.41) is 7.51. The van der Waals surface area contributed by atoms with Gasteiger partial charge in [-0.25, -0.2) is 0 Å². The number of amides is 1. The van der Waals surface area contributed by atoms with E-state index in [1.54, 1.807) is 0 Å². The van der Waals surface area contributed by atoms with Crippen LogP contribution in [0.1, 0.15) is 43.4 Å². The van der Waals surface area contributed by atoms with Crippen molar-refractivity contribution in [3.63, 3.8) is 0 Å². The van der Waals surface area contributed by atoms with Gasteiger partial charge in [0.2, 0.25) is 5.91 Å². The third-order valence-electron chi connectivity index (χ3n) is 5.39. The number of hydrogen-bond donors (Lipinski definition) is 2. The first-order valence-corrected chi connectivity index (χ1v) is 9.55. The zero-order valence-corrected chi connectivity index (χ0v) is 15.8. The zero-order chi connectivity index (χ0) is 18.3. The summed E-state index contributed by atoms with van der Waals surface area (Å²) in [5.74, 6) is 0.774. The molecule has 1 heterocycles. The fourth-order valence-corrected chi connectivity index (χ4v) is 4.25. The van der Waals surface area contributed by atoms with Crippen molar-refractivity contribution >= 4 is 28.9 Å². The second kappa shape index (κ2) is 6.81. The Hall–Kier alpha value is -2.26. The van der Waals surface area contributed by atoms with Crippen molar-refractivity contribution < 1.29 is 4.79 Å². The van der Waals surface area contributed by atoms with Crippen LogP contribution in [0.2, 0.25) is 5.02 Å². The molecular formula is C22H23ClN2O. The number of fused-ring (bicyclic) bond motifs is 3. The number of carbonyl (C=O) groups is 1. The molecule has 2 N–H and O–H groups in total. The summed E-state index contributed by atoms with van der Waals surface area (Å²) in [6, 6.07) is 14.4. The van der Waals surface area contributed by atoms with Gasteiger partial charge < -0.3 is 10.6 Å². The molecule has 0 radical (unpaired) electrons. The summed E-state index contributed by atoms with van der Waals surface area (Å²) in [4.78, 5) is 12.0. The number of carbonyl (C=O) groups excluding carboxylic acids is 1. The van der Waals surface area contributed by atoms with E-state index in [1.807, 2.05) is 38.1 Å². The molecule has 1 amide bonds. The van der Waals surface area contributed by atoms with E-state index in [0.29, 0.717) is 11.8 Å². The monoisotopic (exact) mass is 366 g/mol. The molecule has 0 aromatic heterocycles. The number of halogens is 1. The van der Waals surface area contributed by atoms with Crippen molar-refractivity contribution in [1.29, 1.82) is 0 Å². The fourth-order valence-electron chi connectivity index (χ4n) is 3.99. The van der Waals surface area contributed by atoms with Gasteiger partial charge in [0.05, 0.1) is 6.04 Å². The molecule has 0 saturated heterocycles. The summed E-state index contributed by atoms with van der Waals surface area (Å²) in [6.07, 6.45) is 5.58. The van der Waals surface area contributed by atoms with E-state index in [0.717, 1.165) is 28.4 Å². The standard InChI is InChI=1S/C22H23ClN2O/c1-13(2)22(26)24-14-10-11-20-18(12-14)15-7-5-8-16(15)21(25-20)17-6-3-4-9-19(17)23/h3-7,9-13,15-16,21,25H,8H2,1-2H3,(H,24,26). The third kappa shape index (κ3) is 3.01. The minimum Gasteiger partial charge on any atom is -0.378 e. The molecule has 2 aliphatic rings. The van der Waals surface area contributed by atoms with Crippen molar-refractivity contribution in [2.75, 3.05) is 10.6 Å². The van der Waals surface area contributed by atoms with Gasteiger partial charge in [-0.1, -0.05) is 55.8 Å². The molecule has 4 rings (SSSR count). The lowest BCUT2D eigenvalue weighted by Gasteiger charge is -2.38. The van der Waals surface area contributed by atoms with Crippen LogP contribution in [-0.4, -0.2) is 5.91 Å². The van der Waals surface area contributed by atoms with E-state index in [9.17, 15) is 4.79 Å². The Balaban J connectivity index is 1.69. The van der Waals surface area contributed by atoms with Crippen LogP contribution in [0.4, 0.5) is 11.4 Å². The summed E-state index contributed by atoms with van der Waals surface area (Å²) < 4.78 is 0. The van der Waals surface area contributed by atoms with Crippen molar-refractivity contribution in [3.05, 3.63) is 70.8 Å². The molecule has 1 aliphatic carbocycles. The van der Waals surface area contributed by atoms with Crippen LogP contribution in [0.3, 0.4) is 0 Å². The van der Waals surface area contributed by atoms with Gasteiger partial charge in [0.1, 0.15) is 0 Å². The van der Waals surface area contributed by atoms with Crippen LogP contribution in [0, 0.1) is 11.8 Å². The Morgan fingerprint density at radius 2 is 2.00 bits per heavy atom. The molecular weight excluding hydrogens is 344 g/mol. The summed E-state index contributed by atoms with van der Waals surface area (Å²) >= 11 is 6.48. The Morgan fingerprint density at radius 3 is 2.77 bits per heavy atom. The zero-order valence-electron chi connectivity index (χ0n) is 15.0. The van der Waals surface area contributed by atoms with Gasteiger partial charge in [-0.05, 0) is 47.7 Å².